The van der Waals surface area contributed by atoms with Gasteiger partial charge in [0.05, 0.1) is 20.9 Å². The number of carbonyl (C=O) groups is 1. The Morgan fingerprint density at radius 3 is 2.58 bits per heavy atom. The Balaban J connectivity index is 1.52. The molecule has 3 aromatic rings. The lowest BCUT2D eigenvalue weighted by Gasteiger charge is -2.28. The molecule has 0 aliphatic heterocycles. The van der Waals surface area contributed by atoms with E-state index in [2.05, 4.69) is 34.7 Å². The van der Waals surface area contributed by atoms with Gasteiger partial charge in [-0.15, -0.1) is 11.3 Å². The second kappa shape index (κ2) is 15.2. The van der Waals surface area contributed by atoms with Gasteiger partial charge in [0, 0.05) is 70.1 Å². The Hall–Kier alpha value is -2.78. The van der Waals surface area contributed by atoms with Crippen molar-refractivity contribution in [3.8, 4) is 10.4 Å². The lowest BCUT2D eigenvalue weighted by molar-refractivity contribution is 0.0882. The number of alkyl carbamates (subject to hydrolysis) is 1. The van der Waals surface area contributed by atoms with Gasteiger partial charge in [-0.25, -0.2) is 27.9 Å². The first kappa shape index (κ1) is 35.1. The number of nitrogens with one attached hydrogen (secondary N) is 2. The fourth-order valence-electron chi connectivity index (χ4n) is 5.27. The van der Waals surface area contributed by atoms with Gasteiger partial charge >= 0.3 is 6.09 Å². The maximum absolute atomic E-state index is 13.5. The number of carbonyl (C=O) groups excluding carboxylic acids is 1. The summed E-state index contributed by atoms with van der Waals surface area (Å²) in [5.41, 5.74) is 1.30. The minimum Gasteiger partial charge on any atom is -0.447 e. The molecule has 45 heavy (non-hydrogen) atoms. The summed E-state index contributed by atoms with van der Waals surface area (Å²) >= 11 is 1.53. The normalized spacial score (nSPS) is 17.4. The highest BCUT2D eigenvalue weighted by molar-refractivity contribution is 7.89. The fraction of sp³-hybridized carbons (Fsp3) is 0.581. The predicted octanol–water partition coefficient (Wildman–Crippen LogP) is 6.55. The summed E-state index contributed by atoms with van der Waals surface area (Å²) in [4.78, 5) is 24.1. The molecule has 0 atom stereocenters. The number of imidazole rings is 1. The largest absolute Gasteiger partial charge is 0.447 e. The number of aromatic nitrogens is 3. The van der Waals surface area contributed by atoms with E-state index < -0.39 is 18.1 Å². The molecule has 1 aromatic carbocycles. The maximum Gasteiger partial charge on any atom is 0.407 e. The van der Waals surface area contributed by atoms with E-state index in [1.54, 1.807) is 25.4 Å². The molecular weight excluding hydrogens is 629 g/mol. The first-order valence-electron chi connectivity index (χ1n) is 15.7. The number of amides is 1. The Morgan fingerprint density at radius 2 is 1.91 bits per heavy atom. The zero-order chi connectivity index (χ0) is 32.8. The molecule has 1 aliphatic rings. The molecule has 1 fully saturated rings. The minimum absolute atomic E-state index is 0.0839. The third-order valence-electron chi connectivity index (χ3n) is 7.73. The van der Waals surface area contributed by atoms with Crippen molar-refractivity contribution in [3.05, 3.63) is 41.8 Å². The fourth-order valence-corrected chi connectivity index (χ4v) is 8.50. The number of hydrogen-bond donors (Lipinski definition) is 2. The summed E-state index contributed by atoms with van der Waals surface area (Å²) in [6.45, 7) is 13.7. The van der Waals surface area contributed by atoms with Crippen molar-refractivity contribution in [2.45, 2.75) is 102 Å². The van der Waals surface area contributed by atoms with Gasteiger partial charge in [0.1, 0.15) is 6.73 Å². The molecule has 0 spiro atoms. The van der Waals surface area contributed by atoms with Crippen molar-refractivity contribution in [1.29, 1.82) is 0 Å². The molecular formula is C31H48N6O5S2Si. The summed E-state index contributed by atoms with van der Waals surface area (Å²) in [5, 5.41) is 3.95. The van der Waals surface area contributed by atoms with Crippen LogP contribution in [0.4, 0.5) is 16.4 Å². The van der Waals surface area contributed by atoms with Crippen LogP contribution in [0.1, 0.15) is 57.4 Å². The van der Waals surface area contributed by atoms with E-state index in [0.29, 0.717) is 30.5 Å². The van der Waals surface area contributed by atoms with Crippen LogP contribution in [0.15, 0.2) is 41.7 Å². The smallest absolute Gasteiger partial charge is 0.407 e. The van der Waals surface area contributed by atoms with Gasteiger partial charge in [-0.1, -0.05) is 32.6 Å². The monoisotopic (exact) mass is 676 g/mol. The number of ether oxygens (including phenoxy) is 2. The molecule has 1 amide bonds. The Labute approximate surface area is 272 Å². The third kappa shape index (κ3) is 9.61. The van der Waals surface area contributed by atoms with E-state index >= 15 is 0 Å². The second-order valence-corrected chi connectivity index (χ2v) is 21.4. The van der Waals surface area contributed by atoms with E-state index in [1.165, 1.54) is 11.3 Å². The lowest BCUT2D eigenvalue weighted by Crippen LogP contribution is -2.38. The van der Waals surface area contributed by atoms with Crippen molar-refractivity contribution in [1.82, 2.24) is 24.6 Å². The summed E-state index contributed by atoms with van der Waals surface area (Å²) in [6, 6.07) is 6.63. The van der Waals surface area contributed by atoms with Crippen LogP contribution >= 0.6 is 11.3 Å². The topological polar surface area (TPSA) is 128 Å². The Morgan fingerprint density at radius 1 is 1.18 bits per heavy atom. The molecule has 0 unspecified atom stereocenters. The van der Waals surface area contributed by atoms with E-state index in [-0.39, 0.29) is 35.6 Å². The molecule has 14 heteroatoms. The highest BCUT2D eigenvalue weighted by atomic mass is 32.2. The van der Waals surface area contributed by atoms with Crippen molar-refractivity contribution >= 4 is 47.2 Å². The van der Waals surface area contributed by atoms with Crippen LogP contribution < -0.4 is 14.9 Å². The summed E-state index contributed by atoms with van der Waals surface area (Å²) in [6.07, 6.45) is 8.29. The quantitative estimate of drug-likeness (QED) is 0.146. The lowest BCUT2D eigenvalue weighted by atomic mass is 9.86. The standard InChI is InChI=1S/C31H48N6O5S2Si/c1-8-34-44(39,40)28-19-25(36(4)30-32-15-16-37(30)21-41-17-18-45(5,6)7)13-14-26(28)27-20-33-29(43-27)23-9-11-24(12-10-23)35-31(38)42-22(2)3/h13-16,19-20,22-24,34H,8-12,17-18,21H2,1-7H3,(H,35,38). The van der Waals surface area contributed by atoms with Gasteiger partial charge in [-0.2, -0.15) is 0 Å². The Bertz CT molecular complexity index is 1530. The molecule has 0 bridgehead atoms. The van der Waals surface area contributed by atoms with E-state index in [0.717, 1.165) is 41.6 Å². The van der Waals surface area contributed by atoms with Crippen molar-refractivity contribution in [2.75, 3.05) is 25.1 Å². The van der Waals surface area contributed by atoms with Gasteiger partial charge in [-0.3, -0.25) is 4.57 Å². The number of nitrogens with zero attached hydrogens (tertiary/aromatic N) is 4. The minimum atomic E-state index is -3.80. The maximum atomic E-state index is 13.5. The molecule has 1 saturated carbocycles. The number of thiazole rings is 1. The molecule has 4 rings (SSSR count). The number of rotatable bonds is 14. The van der Waals surface area contributed by atoms with Crippen LogP contribution in [0.3, 0.4) is 0 Å². The van der Waals surface area contributed by atoms with Crippen LogP contribution in [0, 0.1) is 0 Å². The first-order valence-corrected chi connectivity index (χ1v) is 21.7. The van der Waals surface area contributed by atoms with Crippen molar-refractivity contribution in [3.63, 3.8) is 0 Å². The molecule has 2 N–H and O–H groups in total. The van der Waals surface area contributed by atoms with Crippen LogP contribution in [0.5, 0.6) is 0 Å². The summed E-state index contributed by atoms with van der Waals surface area (Å²) < 4.78 is 42.7. The average Bonchev–Trinajstić information content (AvgIpc) is 3.64. The molecule has 2 aromatic heterocycles. The van der Waals surface area contributed by atoms with Gasteiger partial charge in [0.2, 0.25) is 16.0 Å². The number of hydrogen-bond acceptors (Lipinski definition) is 9. The van der Waals surface area contributed by atoms with Crippen LogP contribution in [0.25, 0.3) is 10.4 Å². The third-order valence-corrected chi connectivity index (χ3v) is 12.2. The summed E-state index contributed by atoms with van der Waals surface area (Å²) in [5.74, 6) is 0.916. The number of sulfonamides is 1. The predicted molar refractivity (Wildman–Crippen MR) is 183 cm³/mol. The summed E-state index contributed by atoms with van der Waals surface area (Å²) in [7, 11) is -3.12. The van der Waals surface area contributed by atoms with Gasteiger partial charge in [-0.05, 0) is 57.7 Å². The second-order valence-electron chi connectivity index (χ2n) is 13.0. The van der Waals surface area contributed by atoms with Crippen LogP contribution in [-0.2, 0) is 26.2 Å². The zero-order valence-electron chi connectivity index (χ0n) is 27.5. The van der Waals surface area contributed by atoms with Crippen LogP contribution in [-0.4, -0.2) is 69.5 Å². The van der Waals surface area contributed by atoms with E-state index in [9.17, 15) is 13.2 Å². The van der Waals surface area contributed by atoms with E-state index in [1.807, 2.05) is 48.7 Å². The van der Waals surface area contributed by atoms with Gasteiger partial charge in [0.25, 0.3) is 0 Å². The molecule has 0 saturated heterocycles. The van der Waals surface area contributed by atoms with Crippen molar-refractivity contribution in [2.24, 2.45) is 0 Å². The molecule has 248 valence electrons. The molecule has 0 radical (unpaired) electrons. The van der Waals surface area contributed by atoms with Gasteiger partial charge in [0.15, 0.2) is 0 Å². The molecule has 1 aliphatic carbocycles. The molecule has 11 nitrogen and oxygen atoms in total. The average molecular weight is 677 g/mol. The Kier molecular flexibility index (Phi) is 11.9. The molecule has 2 heterocycles. The highest BCUT2D eigenvalue weighted by Crippen LogP contribution is 2.40. The highest BCUT2D eigenvalue weighted by Gasteiger charge is 2.28. The SMILES string of the molecule is CCNS(=O)(=O)c1cc(N(C)c2nccn2COCC[Si](C)(C)C)ccc1-c1cnc(C2CCC(NC(=O)OC(C)C)CC2)s1. The number of benzene rings is 1. The first-order chi connectivity index (χ1) is 21.3. The zero-order valence-corrected chi connectivity index (χ0v) is 30.1. The number of anilines is 2. The van der Waals surface area contributed by atoms with Gasteiger partial charge < -0.3 is 19.7 Å². The van der Waals surface area contributed by atoms with Crippen LogP contribution in [0.2, 0.25) is 25.7 Å². The van der Waals surface area contributed by atoms with E-state index in [4.69, 9.17) is 14.5 Å². The van der Waals surface area contributed by atoms with Crippen molar-refractivity contribution < 1.29 is 22.7 Å².